The van der Waals surface area contributed by atoms with Gasteiger partial charge in [0.05, 0.1) is 10.6 Å². The molecular weight excluding hydrogens is 302 g/mol. The first kappa shape index (κ1) is 13.7. The van der Waals surface area contributed by atoms with Gasteiger partial charge < -0.3 is 5.11 Å². The van der Waals surface area contributed by atoms with E-state index in [2.05, 4.69) is 22.0 Å². The van der Waals surface area contributed by atoms with Crippen LogP contribution in [-0.4, -0.2) is 11.2 Å². The monoisotopic (exact) mass is 316 g/mol. The van der Waals surface area contributed by atoms with Gasteiger partial charge in [0.25, 0.3) is 0 Å². The first-order valence-corrected chi connectivity index (χ1v) is 6.84. The first-order valence-electron chi connectivity index (χ1n) is 6.05. The van der Waals surface area contributed by atoms with Crippen molar-refractivity contribution < 1.29 is 13.9 Å². The van der Waals surface area contributed by atoms with Gasteiger partial charge >= 0.3 is 0 Å². The van der Waals surface area contributed by atoms with Crippen molar-refractivity contribution in [3.8, 4) is 0 Å². The van der Waals surface area contributed by atoms with Crippen LogP contribution in [0.4, 0.5) is 8.78 Å². The summed E-state index contributed by atoms with van der Waals surface area (Å²) in [5, 5.41) is 10.1. The molecule has 1 aromatic rings. The summed E-state index contributed by atoms with van der Waals surface area (Å²) in [4.78, 5) is 0. The number of halogens is 3. The maximum absolute atomic E-state index is 13.8. The van der Waals surface area contributed by atoms with Gasteiger partial charge in [-0.25, -0.2) is 8.78 Å². The van der Waals surface area contributed by atoms with Crippen LogP contribution >= 0.6 is 15.9 Å². The maximum atomic E-state index is 13.8. The van der Waals surface area contributed by atoms with Crippen LogP contribution < -0.4 is 0 Å². The molecule has 0 fully saturated rings. The average Bonchev–Trinajstić information content (AvgIpc) is 2.40. The topological polar surface area (TPSA) is 20.2 Å². The molecule has 2 rings (SSSR count). The van der Waals surface area contributed by atoms with Crippen molar-refractivity contribution in [2.24, 2.45) is 5.92 Å². The summed E-state index contributed by atoms with van der Waals surface area (Å²) < 4.78 is 27.6. The summed E-state index contributed by atoms with van der Waals surface area (Å²) in [6, 6.07) is 2.56. The van der Waals surface area contributed by atoms with Gasteiger partial charge in [-0.2, -0.15) is 0 Å². The molecule has 0 bridgehead atoms. The van der Waals surface area contributed by atoms with Crippen molar-refractivity contribution in [1.29, 1.82) is 0 Å². The van der Waals surface area contributed by atoms with E-state index in [4.69, 9.17) is 0 Å². The van der Waals surface area contributed by atoms with Crippen LogP contribution in [0.15, 0.2) is 28.8 Å². The Morgan fingerprint density at radius 1 is 1.33 bits per heavy atom. The lowest BCUT2D eigenvalue weighted by Gasteiger charge is -2.24. The van der Waals surface area contributed by atoms with E-state index in [9.17, 15) is 13.9 Å². The van der Waals surface area contributed by atoms with E-state index in [-0.39, 0.29) is 22.4 Å². The fourth-order valence-electron chi connectivity index (χ4n) is 2.30. The van der Waals surface area contributed by atoms with Crippen LogP contribution in [0.3, 0.4) is 0 Å². The van der Waals surface area contributed by atoms with Crippen molar-refractivity contribution in [2.45, 2.75) is 31.8 Å². The number of aliphatic hydroxyl groups excluding tert-OH is 1. The van der Waals surface area contributed by atoms with E-state index >= 15 is 0 Å². The number of benzene rings is 1. The van der Waals surface area contributed by atoms with Crippen LogP contribution in [0.25, 0.3) is 0 Å². The molecular formula is C14H15BrF2O. The molecule has 0 aliphatic heterocycles. The predicted octanol–water partition coefficient (Wildman–Crippen LogP) is 3.99. The molecule has 1 aromatic carbocycles. The van der Waals surface area contributed by atoms with E-state index in [0.29, 0.717) is 0 Å². The smallest absolute Gasteiger partial charge is 0.143 e. The molecule has 98 valence electrons. The van der Waals surface area contributed by atoms with E-state index < -0.39 is 17.7 Å². The Morgan fingerprint density at radius 3 is 2.78 bits per heavy atom. The lowest BCUT2D eigenvalue weighted by Crippen LogP contribution is -2.24. The molecule has 1 aliphatic carbocycles. The highest BCUT2D eigenvalue weighted by Crippen LogP contribution is 2.27. The van der Waals surface area contributed by atoms with Gasteiger partial charge in [0.2, 0.25) is 0 Å². The minimum absolute atomic E-state index is 0.0234. The van der Waals surface area contributed by atoms with E-state index in [1.807, 2.05) is 6.08 Å². The van der Waals surface area contributed by atoms with Crippen LogP contribution in [0.1, 0.15) is 24.8 Å². The molecule has 1 aliphatic rings. The highest BCUT2D eigenvalue weighted by molar-refractivity contribution is 9.10. The van der Waals surface area contributed by atoms with Gasteiger partial charge in [-0.1, -0.05) is 12.2 Å². The second kappa shape index (κ2) is 5.93. The zero-order valence-corrected chi connectivity index (χ0v) is 11.5. The second-order valence-corrected chi connectivity index (χ2v) is 5.49. The molecule has 4 heteroatoms. The third-order valence-electron chi connectivity index (χ3n) is 3.41. The minimum Gasteiger partial charge on any atom is -0.392 e. The summed E-state index contributed by atoms with van der Waals surface area (Å²) >= 11 is 3.03. The fourth-order valence-corrected chi connectivity index (χ4v) is 2.67. The fraction of sp³-hybridized carbons (Fsp3) is 0.429. The van der Waals surface area contributed by atoms with Crippen LogP contribution in [0.5, 0.6) is 0 Å². The van der Waals surface area contributed by atoms with Crippen molar-refractivity contribution in [3.05, 3.63) is 46.0 Å². The lowest BCUT2D eigenvalue weighted by molar-refractivity contribution is 0.100. The van der Waals surface area contributed by atoms with Crippen LogP contribution in [-0.2, 0) is 6.42 Å². The Bertz CT molecular complexity index is 459. The van der Waals surface area contributed by atoms with Crippen LogP contribution in [0, 0.1) is 17.6 Å². The van der Waals surface area contributed by atoms with E-state index in [1.165, 1.54) is 12.1 Å². The quantitative estimate of drug-likeness (QED) is 0.660. The van der Waals surface area contributed by atoms with E-state index in [0.717, 1.165) is 19.3 Å². The van der Waals surface area contributed by atoms with Crippen molar-refractivity contribution in [1.82, 2.24) is 0 Å². The van der Waals surface area contributed by atoms with E-state index in [1.54, 1.807) is 0 Å². The van der Waals surface area contributed by atoms with Gasteiger partial charge in [-0.3, -0.25) is 0 Å². The zero-order valence-electron chi connectivity index (χ0n) is 9.87. The van der Waals surface area contributed by atoms with Gasteiger partial charge in [-0.15, -0.1) is 0 Å². The van der Waals surface area contributed by atoms with Crippen LogP contribution in [0.2, 0.25) is 0 Å². The molecule has 0 radical (unpaired) electrons. The van der Waals surface area contributed by atoms with Gasteiger partial charge in [0.15, 0.2) is 0 Å². The minimum atomic E-state index is -0.701. The Balaban J connectivity index is 2.13. The summed E-state index contributed by atoms with van der Waals surface area (Å²) in [5.74, 6) is -1.12. The normalized spacial score (nSPS) is 21.0. The highest BCUT2D eigenvalue weighted by Gasteiger charge is 2.23. The maximum Gasteiger partial charge on any atom is 0.143 e. The summed E-state index contributed by atoms with van der Waals surface area (Å²) in [5.41, 5.74) is -0.0357. The Kier molecular flexibility index (Phi) is 4.51. The summed E-state index contributed by atoms with van der Waals surface area (Å²) in [6.45, 7) is 0. The Hall–Kier alpha value is -0.740. The molecule has 0 spiro atoms. The van der Waals surface area contributed by atoms with Gasteiger partial charge in [0, 0.05) is 12.0 Å². The molecule has 0 amide bonds. The molecule has 1 N–H and O–H groups in total. The third kappa shape index (κ3) is 2.98. The molecule has 0 heterocycles. The molecule has 2 atom stereocenters. The standard InChI is InChI=1S/C14H15BrF2O/c15-11-6-7-12(16)10(14(11)17)8-13(18)9-4-2-1-3-5-9/h1-2,6-7,9,13,18H,3-5,8H2. The zero-order chi connectivity index (χ0) is 13.1. The predicted molar refractivity (Wildman–Crippen MR) is 70.2 cm³/mol. The van der Waals surface area contributed by atoms with Crippen molar-refractivity contribution >= 4 is 15.9 Å². The third-order valence-corrected chi connectivity index (χ3v) is 4.02. The Labute approximate surface area is 114 Å². The number of rotatable bonds is 3. The lowest BCUT2D eigenvalue weighted by atomic mass is 9.86. The molecule has 1 nitrogen and oxygen atoms in total. The highest BCUT2D eigenvalue weighted by atomic mass is 79.9. The number of aliphatic hydroxyl groups is 1. The Morgan fingerprint density at radius 2 is 2.11 bits per heavy atom. The number of hydrogen-bond donors (Lipinski definition) is 1. The van der Waals surface area contributed by atoms with Crippen molar-refractivity contribution in [3.63, 3.8) is 0 Å². The summed E-state index contributed by atoms with van der Waals surface area (Å²) in [7, 11) is 0. The SMILES string of the molecule is OC(Cc1c(F)ccc(Br)c1F)C1CC=CCC1. The largest absolute Gasteiger partial charge is 0.392 e. The molecule has 0 aromatic heterocycles. The molecule has 2 unspecified atom stereocenters. The summed E-state index contributed by atoms with van der Waals surface area (Å²) in [6.07, 6.45) is 5.98. The van der Waals surface area contributed by atoms with Gasteiger partial charge in [0.1, 0.15) is 11.6 Å². The first-order chi connectivity index (χ1) is 8.59. The number of hydrogen-bond acceptors (Lipinski definition) is 1. The molecule has 18 heavy (non-hydrogen) atoms. The van der Waals surface area contributed by atoms with Crippen molar-refractivity contribution in [2.75, 3.05) is 0 Å². The molecule has 0 saturated heterocycles. The second-order valence-electron chi connectivity index (χ2n) is 4.64. The average molecular weight is 317 g/mol. The molecule has 0 saturated carbocycles. The number of allylic oxidation sites excluding steroid dienone is 2. The van der Waals surface area contributed by atoms with Gasteiger partial charge in [-0.05, 0) is 53.2 Å².